The van der Waals surface area contributed by atoms with Crippen LogP contribution in [-0.2, 0) is 0 Å². The van der Waals surface area contributed by atoms with Crippen LogP contribution in [0.5, 0.6) is 0 Å². The maximum atomic E-state index is 13.3. The lowest BCUT2D eigenvalue weighted by atomic mass is 9.99. The largest absolute Gasteiger partial charge is 0.306 e. The van der Waals surface area contributed by atoms with Crippen molar-refractivity contribution in [1.82, 2.24) is 15.3 Å². The van der Waals surface area contributed by atoms with Gasteiger partial charge in [-0.2, -0.15) is 0 Å². The Balaban J connectivity index is 2.43. The Kier molecular flexibility index (Phi) is 3.99. The van der Waals surface area contributed by atoms with Crippen LogP contribution in [0.2, 0.25) is 0 Å². The number of nitrogens with zero attached hydrogens (tertiary/aromatic N) is 2. The van der Waals surface area contributed by atoms with E-state index in [-0.39, 0.29) is 11.9 Å². The Morgan fingerprint density at radius 3 is 2.89 bits per heavy atom. The van der Waals surface area contributed by atoms with Gasteiger partial charge in [0.15, 0.2) is 0 Å². The van der Waals surface area contributed by atoms with E-state index in [1.54, 1.807) is 12.4 Å². The lowest BCUT2D eigenvalue weighted by Gasteiger charge is -2.19. The van der Waals surface area contributed by atoms with E-state index in [0.29, 0.717) is 0 Å². The molecule has 0 saturated carbocycles. The molecule has 2 aromatic rings. The van der Waals surface area contributed by atoms with Gasteiger partial charge in [0.25, 0.3) is 0 Å². The summed E-state index contributed by atoms with van der Waals surface area (Å²) in [5.41, 5.74) is 2.80. The van der Waals surface area contributed by atoms with Crippen LogP contribution in [0.3, 0.4) is 0 Å². The van der Waals surface area contributed by atoms with E-state index in [0.717, 1.165) is 23.4 Å². The first-order valence-electron chi connectivity index (χ1n) is 5.97. The predicted octanol–water partition coefficient (Wildman–Crippen LogP) is 2.62. The van der Waals surface area contributed by atoms with Gasteiger partial charge in [0.2, 0.25) is 0 Å². The van der Waals surface area contributed by atoms with Crippen molar-refractivity contribution in [3.63, 3.8) is 0 Å². The van der Waals surface area contributed by atoms with Gasteiger partial charge >= 0.3 is 0 Å². The monoisotopic (exact) mass is 245 g/mol. The Morgan fingerprint density at radius 1 is 1.39 bits per heavy atom. The topological polar surface area (TPSA) is 37.8 Å². The zero-order chi connectivity index (χ0) is 13.0. The van der Waals surface area contributed by atoms with Gasteiger partial charge in [-0.1, -0.05) is 13.0 Å². The third-order valence-electron chi connectivity index (χ3n) is 2.83. The number of hydrogen-bond acceptors (Lipinski definition) is 3. The van der Waals surface area contributed by atoms with Crippen molar-refractivity contribution in [2.75, 3.05) is 6.54 Å². The minimum Gasteiger partial charge on any atom is -0.306 e. The lowest BCUT2D eigenvalue weighted by molar-refractivity contribution is 0.593. The fraction of sp³-hybridized carbons (Fsp3) is 0.286. The van der Waals surface area contributed by atoms with E-state index >= 15 is 0 Å². The van der Waals surface area contributed by atoms with Gasteiger partial charge in [-0.15, -0.1) is 0 Å². The average Bonchev–Trinajstić information content (AvgIpc) is 2.37. The maximum Gasteiger partial charge on any atom is 0.141 e. The number of hydrogen-bond donors (Lipinski definition) is 1. The summed E-state index contributed by atoms with van der Waals surface area (Å²) in [5, 5.41) is 3.34. The molecule has 0 bridgehead atoms. The Bertz CT molecular complexity index is 528. The number of pyridine rings is 2. The molecule has 0 spiro atoms. The molecule has 2 heterocycles. The van der Waals surface area contributed by atoms with Crippen LogP contribution >= 0.6 is 0 Å². The van der Waals surface area contributed by atoms with Crippen molar-refractivity contribution in [1.29, 1.82) is 0 Å². The molecular formula is C14H16FN3. The zero-order valence-corrected chi connectivity index (χ0v) is 10.5. The van der Waals surface area contributed by atoms with E-state index in [9.17, 15) is 4.39 Å². The molecule has 0 amide bonds. The van der Waals surface area contributed by atoms with Crippen LogP contribution < -0.4 is 5.32 Å². The predicted molar refractivity (Wildman–Crippen MR) is 68.7 cm³/mol. The van der Waals surface area contributed by atoms with Gasteiger partial charge < -0.3 is 5.32 Å². The summed E-state index contributed by atoms with van der Waals surface area (Å²) < 4.78 is 13.3. The molecule has 1 unspecified atom stereocenters. The van der Waals surface area contributed by atoms with Crippen molar-refractivity contribution in [3.8, 4) is 0 Å². The second-order valence-corrected chi connectivity index (χ2v) is 4.11. The van der Waals surface area contributed by atoms with Gasteiger partial charge in [-0.3, -0.25) is 9.97 Å². The summed E-state index contributed by atoms with van der Waals surface area (Å²) in [4.78, 5) is 8.18. The highest BCUT2D eigenvalue weighted by molar-refractivity contribution is 5.32. The molecule has 0 aliphatic carbocycles. The van der Waals surface area contributed by atoms with Crippen LogP contribution in [0.25, 0.3) is 0 Å². The normalized spacial score (nSPS) is 12.4. The molecule has 2 aromatic heterocycles. The standard InChI is InChI=1S/C14H16FN3/c1-3-17-14(11-7-12(15)9-16-8-11)13-5-4-6-18-10(13)2/h4-9,14,17H,3H2,1-2H3. The molecular weight excluding hydrogens is 229 g/mol. The van der Waals surface area contributed by atoms with Crippen molar-refractivity contribution in [2.24, 2.45) is 0 Å². The van der Waals surface area contributed by atoms with Crippen molar-refractivity contribution in [2.45, 2.75) is 19.9 Å². The van der Waals surface area contributed by atoms with Gasteiger partial charge in [0.05, 0.1) is 12.2 Å². The summed E-state index contributed by atoms with van der Waals surface area (Å²) in [6.45, 7) is 4.76. The van der Waals surface area contributed by atoms with E-state index in [1.165, 1.54) is 12.3 Å². The number of aromatic nitrogens is 2. The highest BCUT2D eigenvalue weighted by Gasteiger charge is 2.16. The third-order valence-corrected chi connectivity index (χ3v) is 2.83. The first-order chi connectivity index (χ1) is 8.72. The fourth-order valence-corrected chi connectivity index (χ4v) is 2.00. The van der Waals surface area contributed by atoms with Crippen LogP contribution in [0, 0.1) is 12.7 Å². The molecule has 18 heavy (non-hydrogen) atoms. The molecule has 0 radical (unpaired) electrons. The first-order valence-corrected chi connectivity index (χ1v) is 5.97. The Labute approximate surface area is 106 Å². The first kappa shape index (κ1) is 12.6. The fourth-order valence-electron chi connectivity index (χ4n) is 2.00. The zero-order valence-electron chi connectivity index (χ0n) is 10.5. The van der Waals surface area contributed by atoms with Gasteiger partial charge in [0, 0.05) is 18.1 Å². The quantitative estimate of drug-likeness (QED) is 0.899. The molecule has 0 aromatic carbocycles. The second kappa shape index (κ2) is 5.69. The molecule has 0 aliphatic heterocycles. The Hall–Kier alpha value is -1.81. The van der Waals surface area contributed by atoms with E-state index in [4.69, 9.17) is 0 Å². The van der Waals surface area contributed by atoms with Gasteiger partial charge in [0.1, 0.15) is 5.82 Å². The smallest absolute Gasteiger partial charge is 0.141 e. The van der Waals surface area contributed by atoms with E-state index in [1.807, 2.05) is 26.0 Å². The van der Waals surface area contributed by atoms with Crippen molar-refractivity contribution >= 4 is 0 Å². The molecule has 1 N–H and O–H groups in total. The minimum atomic E-state index is -0.322. The highest BCUT2D eigenvalue weighted by Crippen LogP contribution is 2.23. The lowest BCUT2D eigenvalue weighted by Crippen LogP contribution is -2.23. The van der Waals surface area contributed by atoms with E-state index < -0.39 is 0 Å². The highest BCUT2D eigenvalue weighted by atomic mass is 19.1. The maximum absolute atomic E-state index is 13.3. The molecule has 0 saturated heterocycles. The average molecular weight is 245 g/mol. The summed E-state index contributed by atoms with van der Waals surface area (Å²) in [7, 11) is 0. The minimum absolute atomic E-state index is 0.0769. The number of rotatable bonds is 4. The van der Waals surface area contributed by atoms with E-state index in [2.05, 4.69) is 15.3 Å². The molecule has 2 rings (SSSR count). The van der Waals surface area contributed by atoms with Crippen LogP contribution in [0.4, 0.5) is 4.39 Å². The molecule has 0 aliphatic rings. The molecule has 3 nitrogen and oxygen atoms in total. The van der Waals surface area contributed by atoms with Crippen molar-refractivity contribution < 1.29 is 4.39 Å². The number of aryl methyl sites for hydroxylation is 1. The van der Waals surface area contributed by atoms with Crippen molar-refractivity contribution in [3.05, 3.63) is 59.4 Å². The number of halogens is 1. The number of nitrogens with one attached hydrogen (secondary N) is 1. The van der Waals surface area contributed by atoms with Crippen LogP contribution in [0.15, 0.2) is 36.8 Å². The van der Waals surface area contributed by atoms with Crippen LogP contribution in [-0.4, -0.2) is 16.5 Å². The second-order valence-electron chi connectivity index (χ2n) is 4.11. The summed E-state index contributed by atoms with van der Waals surface area (Å²) >= 11 is 0. The molecule has 1 atom stereocenters. The summed E-state index contributed by atoms with van der Waals surface area (Å²) in [6, 6.07) is 5.32. The van der Waals surface area contributed by atoms with Gasteiger partial charge in [-0.05, 0) is 36.7 Å². The van der Waals surface area contributed by atoms with Crippen LogP contribution in [0.1, 0.15) is 29.8 Å². The summed E-state index contributed by atoms with van der Waals surface area (Å²) in [5.74, 6) is -0.322. The Morgan fingerprint density at radius 2 is 2.22 bits per heavy atom. The summed E-state index contributed by atoms with van der Waals surface area (Å²) in [6.07, 6.45) is 4.65. The third kappa shape index (κ3) is 2.71. The molecule has 0 fully saturated rings. The molecule has 4 heteroatoms. The van der Waals surface area contributed by atoms with Gasteiger partial charge in [-0.25, -0.2) is 4.39 Å². The molecule has 94 valence electrons. The SMILES string of the molecule is CCNC(c1cncc(F)c1)c1cccnc1C.